The standard InChI is InChI=1S/C11H9F4N3/c12-9-7-18(6-8-1-3-16-4-2-8)17-10(9)5-11(13,14)15/h1-4,7H,5-6H2. The van der Waals surface area contributed by atoms with Gasteiger partial charge in [-0.1, -0.05) is 0 Å². The van der Waals surface area contributed by atoms with E-state index in [1.54, 1.807) is 24.5 Å². The molecular formula is C11H9F4N3. The predicted molar refractivity (Wildman–Crippen MR) is 55.3 cm³/mol. The summed E-state index contributed by atoms with van der Waals surface area (Å²) in [4.78, 5) is 3.81. The van der Waals surface area contributed by atoms with Crippen LogP contribution in [-0.2, 0) is 13.0 Å². The van der Waals surface area contributed by atoms with E-state index in [0.717, 1.165) is 16.4 Å². The van der Waals surface area contributed by atoms with Crippen LogP contribution in [0.25, 0.3) is 0 Å². The maximum atomic E-state index is 13.2. The zero-order valence-corrected chi connectivity index (χ0v) is 9.15. The van der Waals surface area contributed by atoms with Crippen LogP contribution in [0.4, 0.5) is 17.6 Å². The molecule has 0 radical (unpaired) electrons. The largest absolute Gasteiger partial charge is 0.394 e. The molecule has 0 saturated carbocycles. The van der Waals surface area contributed by atoms with E-state index in [4.69, 9.17) is 0 Å². The van der Waals surface area contributed by atoms with Crippen molar-refractivity contribution in [1.29, 1.82) is 0 Å². The van der Waals surface area contributed by atoms with Crippen molar-refractivity contribution in [2.45, 2.75) is 19.1 Å². The van der Waals surface area contributed by atoms with Crippen molar-refractivity contribution < 1.29 is 17.6 Å². The number of nitrogens with zero attached hydrogens (tertiary/aromatic N) is 3. The Morgan fingerprint density at radius 1 is 1.17 bits per heavy atom. The Morgan fingerprint density at radius 2 is 1.83 bits per heavy atom. The Balaban J connectivity index is 2.14. The Kier molecular flexibility index (Phi) is 3.31. The van der Waals surface area contributed by atoms with E-state index >= 15 is 0 Å². The summed E-state index contributed by atoms with van der Waals surface area (Å²) >= 11 is 0. The molecule has 18 heavy (non-hydrogen) atoms. The molecule has 0 N–H and O–H groups in total. The Morgan fingerprint density at radius 3 is 2.44 bits per heavy atom. The second-order valence-corrected chi connectivity index (χ2v) is 3.77. The first-order chi connectivity index (χ1) is 8.44. The molecule has 0 spiro atoms. The summed E-state index contributed by atoms with van der Waals surface area (Å²) in [5.41, 5.74) is 0.197. The van der Waals surface area contributed by atoms with Gasteiger partial charge >= 0.3 is 6.18 Å². The van der Waals surface area contributed by atoms with E-state index in [1.807, 2.05) is 0 Å². The number of hydrogen-bond donors (Lipinski definition) is 0. The minimum absolute atomic E-state index is 0.206. The predicted octanol–water partition coefficient (Wildman–Crippen LogP) is 2.57. The molecule has 0 unspecified atom stereocenters. The van der Waals surface area contributed by atoms with Crippen LogP contribution in [0.15, 0.2) is 30.7 Å². The number of halogens is 4. The number of hydrogen-bond acceptors (Lipinski definition) is 2. The molecule has 96 valence electrons. The Labute approximate surface area is 100 Å². The fourth-order valence-corrected chi connectivity index (χ4v) is 1.50. The number of pyridine rings is 1. The molecule has 0 aromatic carbocycles. The van der Waals surface area contributed by atoms with Crippen LogP contribution in [0.3, 0.4) is 0 Å². The van der Waals surface area contributed by atoms with E-state index in [0.29, 0.717) is 0 Å². The zero-order chi connectivity index (χ0) is 13.2. The maximum Gasteiger partial charge on any atom is 0.394 e. The second-order valence-electron chi connectivity index (χ2n) is 3.77. The summed E-state index contributed by atoms with van der Waals surface area (Å²) in [6.07, 6.45) is -1.77. The summed E-state index contributed by atoms with van der Waals surface area (Å²) in [6.45, 7) is 0.206. The SMILES string of the molecule is Fc1cn(Cc2ccncc2)nc1CC(F)(F)F. The van der Waals surface area contributed by atoms with E-state index in [2.05, 4.69) is 10.1 Å². The third kappa shape index (κ3) is 3.28. The Bertz CT molecular complexity index is 519. The zero-order valence-electron chi connectivity index (χ0n) is 9.15. The van der Waals surface area contributed by atoms with Gasteiger partial charge in [-0.15, -0.1) is 0 Å². The first-order valence-electron chi connectivity index (χ1n) is 5.11. The molecule has 0 aliphatic rings. The number of aromatic nitrogens is 3. The van der Waals surface area contributed by atoms with Crippen molar-refractivity contribution in [3.05, 3.63) is 47.8 Å². The van der Waals surface area contributed by atoms with Crippen molar-refractivity contribution in [2.75, 3.05) is 0 Å². The lowest BCUT2D eigenvalue weighted by molar-refractivity contribution is -0.128. The Hall–Kier alpha value is -1.92. The van der Waals surface area contributed by atoms with Gasteiger partial charge in [0.05, 0.1) is 19.2 Å². The van der Waals surface area contributed by atoms with Crippen LogP contribution in [0.1, 0.15) is 11.3 Å². The van der Waals surface area contributed by atoms with E-state index in [9.17, 15) is 17.6 Å². The molecule has 3 nitrogen and oxygen atoms in total. The van der Waals surface area contributed by atoms with Gasteiger partial charge in [0.1, 0.15) is 5.69 Å². The van der Waals surface area contributed by atoms with Gasteiger partial charge in [0.25, 0.3) is 0 Å². The van der Waals surface area contributed by atoms with Crippen molar-refractivity contribution in [3.63, 3.8) is 0 Å². The van der Waals surface area contributed by atoms with Gasteiger partial charge in [0, 0.05) is 12.4 Å². The highest BCUT2D eigenvalue weighted by Crippen LogP contribution is 2.21. The normalized spacial score (nSPS) is 11.8. The molecule has 0 atom stereocenters. The van der Waals surface area contributed by atoms with Crippen LogP contribution >= 0.6 is 0 Å². The van der Waals surface area contributed by atoms with Crippen LogP contribution in [0.2, 0.25) is 0 Å². The molecule has 0 aliphatic carbocycles. The minimum Gasteiger partial charge on any atom is -0.265 e. The van der Waals surface area contributed by atoms with Gasteiger partial charge in [-0.2, -0.15) is 18.3 Å². The molecule has 7 heteroatoms. The average molecular weight is 259 g/mol. The molecule has 0 bridgehead atoms. The highest BCUT2D eigenvalue weighted by molar-refractivity contribution is 5.11. The number of alkyl halides is 3. The summed E-state index contributed by atoms with van der Waals surface area (Å²) in [5, 5.41) is 3.59. The molecule has 0 amide bonds. The minimum atomic E-state index is -4.46. The molecule has 0 saturated heterocycles. The average Bonchev–Trinajstić information content (AvgIpc) is 2.58. The van der Waals surface area contributed by atoms with Crippen molar-refractivity contribution in [3.8, 4) is 0 Å². The number of rotatable bonds is 3. The van der Waals surface area contributed by atoms with E-state index in [1.165, 1.54) is 0 Å². The second kappa shape index (κ2) is 4.75. The molecule has 2 aromatic heterocycles. The highest BCUT2D eigenvalue weighted by atomic mass is 19.4. The first-order valence-corrected chi connectivity index (χ1v) is 5.11. The lowest BCUT2D eigenvalue weighted by Gasteiger charge is -2.03. The molecule has 0 aliphatic heterocycles. The van der Waals surface area contributed by atoms with Gasteiger partial charge in [-0.25, -0.2) is 4.39 Å². The fraction of sp³-hybridized carbons (Fsp3) is 0.273. The lowest BCUT2D eigenvalue weighted by Crippen LogP contribution is -2.13. The van der Waals surface area contributed by atoms with Crippen molar-refractivity contribution in [1.82, 2.24) is 14.8 Å². The summed E-state index contributed by atoms with van der Waals surface area (Å²) in [7, 11) is 0. The molecular weight excluding hydrogens is 250 g/mol. The maximum absolute atomic E-state index is 13.2. The molecule has 2 heterocycles. The summed E-state index contributed by atoms with van der Waals surface area (Å²) in [5.74, 6) is -0.943. The monoisotopic (exact) mass is 259 g/mol. The van der Waals surface area contributed by atoms with Crippen LogP contribution in [0.5, 0.6) is 0 Å². The van der Waals surface area contributed by atoms with E-state index in [-0.39, 0.29) is 6.54 Å². The third-order valence-corrected chi connectivity index (χ3v) is 2.25. The summed E-state index contributed by atoms with van der Waals surface area (Å²) in [6, 6.07) is 3.37. The smallest absolute Gasteiger partial charge is 0.265 e. The fourth-order valence-electron chi connectivity index (χ4n) is 1.50. The van der Waals surface area contributed by atoms with Gasteiger partial charge in [-0.05, 0) is 17.7 Å². The van der Waals surface area contributed by atoms with Crippen LogP contribution in [-0.4, -0.2) is 20.9 Å². The van der Waals surface area contributed by atoms with Crippen LogP contribution in [0, 0.1) is 5.82 Å². The van der Waals surface area contributed by atoms with Crippen LogP contribution < -0.4 is 0 Å². The molecule has 2 rings (SSSR count). The highest BCUT2D eigenvalue weighted by Gasteiger charge is 2.31. The quantitative estimate of drug-likeness (QED) is 0.793. The molecule has 2 aromatic rings. The van der Waals surface area contributed by atoms with Gasteiger partial charge in [0.15, 0.2) is 5.82 Å². The third-order valence-electron chi connectivity index (χ3n) is 2.25. The molecule has 0 fully saturated rings. The van der Waals surface area contributed by atoms with Crippen molar-refractivity contribution in [2.24, 2.45) is 0 Å². The lowest BCUT2D eigenvalue weighted by atomic mass is 10.3. The van der Waals surface area contributed by atoms with E-state index < -0.39 is 24.1 Å². The van der Waals surface area contributed by atoms with Gasteiger partial charge in [-0.3, -0.25) is 9.67 Å². The first kappa shape index (κ1) is 12.5. The summed E-state index contributed by atoms with van der Waals surface area (Å²) < 4.78 is 50.8. The van der Waals surface area contributed by atoms with Gasteiger partial charge in [0.2, 0.25) is 0 Å². The van der Waals surface area contributed by atoms with Gasteiger partial charge < -0.3 is 0 Å². The van der Waals surface area contributed by atoms with Crippen molar-refractivity contribution >= 4 is 0 Å². The topological polar surface area (TPSA) is 30.7 Å².